The van der Waals surface area contributed by atoms with Crippen LogP contribution in [0.15, 0.2) is 71.9 Å². The fourth-order valence-electron chi connectivity index (χ4n) is 2.25. The SMILES string of the molecule is O=C(Cn1ccc(=O)cc1)NCc1cccnc1Oc1ccccc1F. The second-order valence-electron chi connectivity index (χ2n) is 5.48. The lowest BCUT2D eigenvalue weighted by molar-refractivity contribution is -0.121. The van der Waals surface area contributed by atoms with Crippen molar-refractivity contribution in [3.8, 4) is 11.6 Å². The first-order chi connectivity index (χ1) is 12.6. The molecule has 1 N–H and O–H groups in total. The monoisotopic (exact) mass is 353 g/mol. The molecule has 0 aliphatic rings. The Morgan fingerprint density at radius 2 is 1.88 bits per heavy atom. The van der Waals surface area contributed by atoms with Crippen LogP contribution in [0.5, 0.6) is 11.6 Å². The maximum absolute atomic E-state index is 13.7. The number of carbonyl (C=O) groups excluding carboxylic acids is 1. The molecule has 1 aromatic carbocycles. The average molecular weight is 353 g/mol. The first kappa shape index (κ1) is 17.3. The standard InChI is InChI=1S/C19H16FN3O3/c20-16-5-1-2-6-17(16)26-19-14(4-3-9-21-19)12-22-18(25)13-23-10-7-15(24)8-11-23/h1-11H,12-13H2,(H,22,25). The molecule has 0 spiro atoms. The molecule has 0 fully saturated rings. The lowest BCUT2D eigenvalue weighted by Gasteiger charge is -2.12. The number of rotatable bonds is 6. The molecule has 7 heteroatoms. The van der Waals surface area contributed by atoms with E-state index in [4.69, 9.17) is 4.74 Å². The zero-order chi connectivity index (χ0) is 18.4. The predicted molar refractivity (Wildman–Crippen MR) is 93.3 cm³/mol. The van der Waals surface area contributed by atoms with E-state index < -0.39 is 5.82 Å². The van der Waals surface area contributed by atoms with E-state index in [-0.39, 0.29) is 36.1 Å². The summed E-state index contributed by atoms with van der Waals surface area (Å²) >= 11 is 0. The zero-order valence-corrected chi connectivity index (χ0v) is 13.8. The number of nitrogens with one attached hydrogen (secondary N) is 1. The first-order valence-electron chi connectivity index (χ1n) is 7.91. The topological polar surface area (TPSA) is 73.2 Å². The van der Waals surface area contributed by atoms with E-state index in [2.05, 4.69) is 10.3 Å². The van der Waals surface area contributed by atoms with Crippen molar-refractivity contribution in [3.63, 3.8) is 0 Å². The number of ether oxygens (including phenoxy) is 1. The van der Waals surface area contributed by atoms with Gasteiger partial charge in [-0.1, -0.05) is 18.2 Å². The van der Waals surface area contributed by atoms with Gasteiger partial charge in [-0.15, -0.1) is 0 Å². The van der Waals surface area contributed by atoms with Gasteiger partial charge in [-0.2, -0.15) is 0 Å². The Morgan fingerprint density at radius 3 is 2.65 bits per heavy atom. The molecule has 0 bridgehead atoms. The molecule has 132 valence electrons. The molecule has 0 saturated carbocycles. The first-order valence-corrected chi connectivity index (χ1v) is 7.91. The van der Waals surface area contributed by atoms with Crippen molar-refractivity contribution in [3.05, 3.63) is 88.7 Å². The van der Waals surface area contributed by atoms with Gasteiger partial charge in [0.05, 0.1) is 0 Å². The summed E-state index contributed by atoms with van der Waals surface area (Å²) in [5, 5.41) is 2.75. The summed E-state index contributed by atoms with van der Waals surface area (Å²) in [7, 11) is 0. The summed E-state index contributed by atoms with van der Waals surface area (Å²) in [5.74, 6) is -0.450. The van der Waals surface area contributed by atoms with Crippen LogP contribution in [-0.4, -0.2) is 15.5 Å². The minimum absolute atomic E-state index is 0.0621. The van der Waals surface area contributed by atoms with Crippen molar-refractivity contribution >= 4 is 5.91 Å². The maximum Gasteiger partial charge on any atom is 0.240 e. The summed E-state index contributed by atoms with van der Waals surface area (Å²) in [6.45, 7) is 0.251. The van der Waals surface area contributed by atoms with E-state index in [1.165, 1.54) is 30.5 Å². The van der Waals surface area contributed by atoms with Crippen molar-refractivity contribution < 1.29 is 13.9 Å². The molecule has 3 aromatic rings. The summed E-state index contributed by atoms with van der Waals surface area (Å²) < 4.78 is 20.9. The average Bonchev–Trinajstić information content (AvgIpc) is 2.65. The van der Waals surface area contributed by atoms with E-state index >= 15 is 0 Å². The minimum atomic E-state index is -0.494. The summed E-state index contributed by atoms with van der Waals surface area (Å²) in [5.41, 5.74) is 0.496. The van der Waals surface area contributed by atoms with Crippen LogP contribution in [-0.2, 0) is 17.9 Å². The fraction of sp³-hybridized carbons (Fsp3) is 0.105. The van der Waals surface area contributed by atoms with Crippen molar-refractivity contribution in [2.45, 2.75) is 13.1 Å². The number of amides is 1. The van der Waals surface area contributed by atoms with Crippen LogP contribution in [0.1, 0.15) is 5.56 Å². The number of carbonyl (C=O) groups is 1. The zero-order valence-electron chi connectivity index (χ0n) is 13.8. The van der Waals surface area contributed by atoms with Gasteiger partial charge < -0.3 is 14.6 Å². The normalized spacial score (nSPS) is 10.3. The molecule has 0 unspecified atom stereocenters. The largest absolute Gasteiger partial charge is 0.436 e. The number of hydrogen-bond donors (Lipinski definition) is 1. The molecule has 0 saturated heterocycles. The van der Waals surface area contributed by atoms with Crippen LogP contribution in [0.4, 0.5) is 4.39 Å². The number of aromatic nitrogens is 2. The molecule has 0 atom stereocenters. The third kappa shape index (κ3) is 4.54. The summed E-state index contributed by atoms with van der Waals surface area (Å²) in [6, 6.07) is 12.2. The van der Waals surface area contributed by atoms with Gasteiger partial charge >= 0.3 is 0 Å². The lowest BCUT2D eigenvalue weighted by Crippen LogP contribution is -2.27. The van der Waals surface area contributed by atoms with E-state index in [0.29, 0.717) is 5.56 Å². The highest BCUT2D eigenvalue weighted by atomic mass is 19.1. The van der Waals surface area contributed by atoms with Crippen LogP contribution >= 0.6 is 0 Å². The third-order valence-corrected chi connectivity index (χ3v) is 3.56. The molecule has 3 rings (SSSR count). The van der Waals surface area contributed by atoms with Crippen molar-refractivity contribution in [2.75, 3.05) is 0 Å². The second-order valence-corrected chi connectivity index (χ2v) is 5.48. The molecule has 0 aliphatic carbocycles. The number of hydrogen-bond acceptors (Lipinski definition) is 4. The summed E-state index contributed by atoms with van der Waals surface area (Å²) in [4.78, 5) is 27.2. The van der Waals surface area contributed by atoms with Crippen LogP contribution in [0.25, 0.3) is 0 Å². The molecule has 0 radical (unpaired) electrons. The van der Waals surface area contributed by atoms with Crippen LogP contribution < -0.4 is 15.5 Å². The Kier molecular flexibility index (Phi) is 5.38. The van der Waals surface area contributed by atoms with Crippen molar-refractivity contribution in [2.24, 2.45) is 0 Å². The summed E-state index contributed by atoms with van der Waals surface area (Å²) in [6.07, 6.45) is 4.61. The Labute approximate surface area is 148 Å². The highest BCUT2D eigenvalue weighted by molar-refractivity contribution is 5.75. The quantitative estimate of drug-likeness (QED) is 0.739. The van der Waals surface area contributed by atoms with Gasteiger partial charge in [0.2, 0.25) is 11.8 Å². The Hall–Kier alpha value is -3.48. The Morgan fingerprint density at radius 1 is 1.12 bits per heavy atom. The van der Waals surface area contributed by atoms with E-state index in [9.17, 15) is 14.0 Å². The Bertz CT molecular complexity index is 951. The highest BCUT2D eigenvalue weighted by Crippen LogP contribution is 2.25. The van der Waals surface area contributed by atoms with E-state index in [1.54, 1.807) is 41.2 Å². The van der Waals surface area contributed by atoms with Crippen LogP contribution in [0, 0.1) is 5.82 Å². The molecule has 2 heterocycles. The fourth-order valence-corrected chi connectivity index (χ4v) is 2.25. The third-order valence-electron chi connectivity index (χ3n) is 3.56. The van der Waals surface area contributed by atoms with Gasteiger partial charge in [0.25, 0.3) is 0 Å². The molecular formula is C19H16FN3O3. The number of halogens is 1. The van der Waals surface area contributed by atoms with E-state index in [1.807, 2.05) is 0 Å². The number of pyridine rings is 2. The van der Waals surface area contributed by atoms with E-state index in [0.717, 1.165) is 0 Å². The van der Waals surface area contributed by atoms with Gasteiger partial charge in [0.1, 0.15) is 6.54 Å². The van der Waals surface area contributed by atoms with Gasteiger partial charge in [-0.25, -0.2) is 9.37 Å². The number of benzene rings is 1. The maximum atomic E-state index is 13.7. The van der Waals surface area contributed by atoms with Crippen LogP contribution in [0.2, 0.25) is 0 Å². The predicted octanol–water partition coefficient (Wildman–Crippen LogP) is 2.49. The molecule has 2 aromatic heterocycles. The highest BCUT2D eigenvalue weighted by Gasteiger charge is 2.10. The van der Waals surface area contributed by atoms with Gasteiger partial charge in [0.15, 0.2) is 17.0 Å². The van der Waals surface area contributed by atoms with Gasteiger partial charge in [-0.3, -0.25) is 9.59 Å². The number of nitrogens with zero attached hydrogens (tertiary/aromatic N) is 2. The van der Waals surface area contributed by atoms with Gasteiger partial charge in [0, 0.05) is 42.8 Å². The van der Waals surface area contributed by atoms with Crippen LogP contribution in [0.3, 0.4) is 0 Å². The van der Waals surface area contributed by atoms with Crippen molar-refractivity contribution in [1.82, 2.24) is 14.9 Å². The molecule has 6 nitrogen and oxygen atoms in total. The number of para-hydroxylation sites is 1. The van der Waals surface area contributed by atoms with Crippen molar-refractivity contribution in [1.29, 1.82) is 0 Å². The Balaban J connectivity index is 1.65. The smallest absolute Gasteiger partial charge is 0.240 e. The second kappa shape index (κ2) is 8.06. The molecule has 0 aliphatic heterocycles. The molecular weight excluding hydrogens is 337 g/mol. The van der Waals surface area contributed by atoms with Gasteiger partial charge in [-0.05, 0) is 18.2 Å². The molecule has 1 amide bonds. The molecule has 26 heavy (non-hydrogen) atoms. The lowest BCUT2D eigenvalue weighted by atomic mass is 10.2. The minimum Gasteiger partial charge on any atom is -0.436 e.